The predicted molar refractivity (Wildman–Crippen MR) is 86.6 cm³/mol. The molecule has 2 N–H and O–H groups in total. The molecule has 6 nitrogen and oxygen atoms in total. The third-order valence-corrected chi connectivity index (χ3v) is 4.24. The fourth-order valence-electron chi connectivity index (χ4n) is 1.88. The first kappa shape index (κ1) is 15.5. The van der Waals surface area contributed by atoms with Gasteiger partial charge in [-0.2, -0.15) is 5.10 Å². The van der Waals surface area contributed by atoms with Crippen molar-refractivity contribution in [1.29, 1.82) is 0 Å². The van der Waals surface area contributed by atoms with Crippen molar-refractivity contribution in [2.75, 3.05) is 13.1 Å². The lowest BCUT2D eigenvalue weighted by atomic mass is 10.1. The van der Waals surface area contributed by atoms with Gasteiger partial charge in [0.25, 0.3) is 0 Å². The van der Waals surface area contributed by atoms with Gasteiger partial charge in [-0.05, 0) is 18.4 Å². The van der Waals surface area contributed by atoms with E-state index >= 15 is 0 Å². The fraction of sp³-hybridized carbons (Fsp3) is 0.500. The van der Waals surface area contributed by atoms with Crippen molar-refractivity contribution in [3.05, 3.63) is 34.5 Å². The van der Waals surface area contributed by atoms with Crippen molar-refractivity contribution in [3.63, 3.8) is 0 Å². The van der Waals surface area contributed by atoms with E-state index in [4.69, 9.17) is 0 Å². The Morgan fingerprint density at radius 3 is 2.95 bits per heavy atom. The van der Waals surface area contributed by atoms with Crippen molar-refractivity contribution in [1.82, 2.24) is 25.4 Å². The second-order valence-corrected chi connectivity index (χ2v) is 5.77. The lowest BCUT2D eigenvalue weighted by molar-refractivity contribution is 0.687. The van der Waals surface area contributed by atoms with E-state index in [0.717, 1.165) is 24.9 Å². The quantitative estimate of drug-likeness (QED) is 0.630. The maximum absolute atomic E-state index is 4.54. The van der Waals surface area contributed by atoms with Crippen LogP contribution in [-0.2, 0) is 13.6 Å². The van der Waals surface area contributed by atoms with Crippen molar-refractivity contribution < 1.29 is 0 Å². The van der Waals surface area contributed by atoms with Crippen LogP contribution in [0.25, 0.3) is 0 Å². The molecule has 0 saturated carbocycles. The smallest absolute Gasteiger partial charge is 0.191 e. The average Bonchev–Trinajstić information content (AvgIpc) is 3.13. The van der Waals surface area contributed by atoms with Gasteiger partial charge in [-0.25, -0.2) is 9.98 Å². The summed E-state index contributed by atoms with van der Waals surface area (Å²) >= 11 is 1.79. The molecule has 21 heavy (non-hydrogen) atoms. The summed E-state index contributed by atoms with van der Waals surface area (Å²) < 4.78 is 1.74. The molecule has 0 saturated heterocycles. The predicted octanol–water partition coefficient (Wildman–Crippen LogP) is 1.74. The Bertz CT molecular complexity index is 560. The highest BCUT2D eigenvalue weighted by Gasteiger charge is 2.07. The minimum Gasteiger partial charge on any atom is -0.357 e. The Balaban J connectivity index is 1.90. The zero-order valence-electron chi connectivity index (χ0n) is 12.7. The van der Waals surface area contributed by atoms with E-state index in [2.05, 4.69) is 57.1 Å². The van der Waals surface area contributed by atoms with E-state index in [1.54, 1.807) is 22.3 Å². The van der Waals surface area contributed by atoms with Crippen molar-refractivity contribution in [2.24, 2.45) is 12.0 Å². The Kier molecular flexibility index (Phi) is 5.74. The first-order valence-electron chi connectivity index (χ1n) is 7.09. The first-order valence-corrected chi connectivity index (χ1v) is 7.97. The molecule has 0 aromatic carbocycles. The first-order chi connectivity index (χ1) is 10.2. The molecular weight excluding hydrogens is 284 g/mol. The summed E-state index contributed by atoms with van der Waals surface area (Å²) in [5.41, 5.74) is 0. The molecule has 0 fully saturated rings. The van der Waals surface area contributed by atoms with Crippen LogP contribution in [-0.4, -0.2) is 33.8 Å². The number of hydrogen-bond acceptors (Lipinski definition) is 4. The molecular formula is C14H22N6S. The van der Waals surface area contributed by atoms with Crippen LogP contribution in [0.5, 0.6) is 0 Å². The number of guanidine groups is 1. The molecule has 0 aliphatic heterocycles. The number of aliphatic imine (C=N–C) groups is 1. The third-order valence-electron chi connectivity index (χ3n) is 3.13. The van der Waals surface area contributed by atoms with Gasteiger partial charge in [-0.15, -0.1) is 11.3 Å². The topological polar surface area (TPSA) is 67.1 Å². The van der Waals surface area contributed by atoms with Crippen LogP contribution in [0, 0.1) is 0 Å². The van der Waals surface area contributed by atoms with Crippen LogP contribution in [0.4, 0.5) is 0 Å². The van der Waals surface area contributed by atoms with Gasteiger partial charge >= 0.3 is 0 Å². The van der Waals surface area contributed by atoms with E-state index < -0.39 is 0 Å². The van der Waals surface area contributed by atoms with Gasteiger partial charge in [0.05, 0.1) is 0 Å². The summed E-state index contributed by atoms with van der Waals surface area (Å²) in [7, 11) is 1.87. The maximum atomic E-state index is 4.54. The molecule has 2 aromatic rings. The fourth-order valence-corrected chi connectivity index (χ4v) is 2.66. The molecule has 2 heterocycles. The molecule has 1 unspecified atom stereocenters. The number of rotatable bonds is 6. The normalized spacial score (nSPS) is 13.2. The summed E-state index contributed by atoms with van der Waals surface area (Å²) in [5, 5.41) is 12.8. The summed E-state index contributed by atoms with van der Waals surface area (Å²) in [6, 6.07) is 4.25. The molecule has 7 heteroatoms. The van der Waals surface area contributed by atoms with E-state index in [9.17, 15) is 0 Å². The molecule has 0 aliphatic carbocycles. The summed E-state index contributed by atoms with van der Waals surface area (Å²) in [4.78, 5) is 10.1. The Morgan fingerprint density at radius 1 is 1.48 bits per heavy atom. The van der Waals surface area contributed by atoms with Crippen molar-refractivity contribution in [2.45, 2.75) is 26.3 Å². The number of aromatic nitrogens is 3. The minimum atomic E-state index is 0.462. The molecule has 2 rings (SSSR count). The van der Waals surface area contributed by atoms with Gasteiger partial charge < -0.3 is 10.6 Å². The average molecular weight is 306 g/mol. The van der Waals surface area contributed by atoms with Crippen molar-refractivity contribution >= 4 is 17.3 Å². The van der Waals surface area contributed by atoms with Gasteiger partial charge in [-0.3, -0.25) is 4.68 Å². The third kappa shape index (κ3) is 4.56. The molecule has 0 amide bonds. The summed E-state index contributed by atoms with van der Waals surface area (Å²) in [6.07, 6.45) is 1.55. The molecule has 0 spiro atoms. The van der Waals surface area contributed by atoms with Gasteiger partial charge in [-0.1, -0.05) is 13.0 Å². The van der Waals surface area contributed by atoms with Gasteiger partial charge in [0.2, 0.25) is 0 Å². The van der Waals surface area contributed by atoms with E-state index in [1.165, 1.54) is 4.88 Å². The molecule has 2 aromatic heterocycles. The Morgan fingerprint density at radius 2 is 2.33 bits per heavy atom. The SMILES string of the molecule is CCNC(=NCc1ncnn1C)NCC(C)c1cccs1. The van der Waals surface area contributed by atoms with Crippen LogP contribution in [0.15, 0.2) is 28.8 Å². The van der Waals surface area contributed by atoms with E-state index in [1.807, 2.05) is 7.05 Å². The lowest BCUT2D eigenvalue weighted by Gasteiger charge is -2.14. The highest BCUT2D eigenvalue weighted by Crippen LogP contribution is 2.19. The molecule has 0 bridgehead atoms. The Hall–Kier alpha value is -1.89. The molecule has 0 radical (unpaired) electrons. The molecule has 1 atom stereocenters. The maximum Gasteiger partial charge on any atom is 0.191 e. The lowest BCUT2D eigenvalue weighted by Crippen LogP contribution is -2.39. The van der Waals surface area contributed by atoms with Crippen molar-refractivity contribution in [3.8, 4) is 0 Å². The van der Waals surface area contributed by atoms with Crippen LogP contribution in [0.2, 0.25) is 0 Å². The number of nitrogens with zero attached hydrogens (tertiary/aromatic N) is 4. The monoisotopic (exact) mass is 306 g/mol. The molecule has 114 valence electrons. The highest BCUT2D eigenvalue weighted by molar-refractivity contribution is 7.10. The number of thiophene rings is 1. The summed E-state index contributed by atoms with van der Waals surface area (Å²) in [5.74, 6) is 2.12. The zero-order valence-corrected chi connectivity index (χ0v) is 13.5. The van der Waals surface area contributed by atoms with E-state index in [-0.39, 0.29) is 0 Å². The largest absolute Gasteiger partial charge is 0.357 e. The highest BCUT2D eigenvalue weighted by atomic mass is 32.1. The van der Waals surface area contributed by atoms with Gasteiger partial charge in [0.1, 0.15) is 18.7 Å². The second kappa shape index (κ2) is 7.78. The van der Waals surface area contributed by atoms with Crippen LogP contribution < -0.4 is 10.6 Å². The standard InChI is InChI=1S/C14H22N6S/c1-4-15-14(17-9-13-18-10-19-20(13)3)16-8-11(2)12-6-5-7-21-12/h5-7,10-11H,4,8-9H2,1-3H3,(H2,15,16,17). The van der Waals surface area contributed by atoms with Gasteiger partial charge in [0.15, 0.2) is 5.96 Å². The van der Waals surface area contributed by atoms with Crippen LogP contribution in [0.3, 0.4) is 0 Å². The van der Waals surface area contributed by atoms with Crippen LogP contribution >= 0.6 is 11.3 Å². The number of hydrogen-bond donors (Lipinski definition) is 2. The second-order valence-electron chi connectivity index (χ2n) is 4.79. The minimum absolute atomic E-state index is 0.462. The van der Waals surface area contributed by atoms with Crippen LogP contribution in [0.1, 0.15) is 30.5 Å². The number of nitrogens with one attached hydrogen (secondary N) is 2. The summed E-state index contributed by atoms with van der Waals surface area (Å²) in [6.45, 7) is 6.47. The molecule has 0 aliphatic rings. The Labute approximate surface area is 129 Å². The zero-order chi connectivity index (χ0) is 15.1. The number of aryl methyl sites for hydroxylation is 1. The van der Waals surface area contributed by atoms with Gasteiger partial charge in [0, 0.05) is 30.9 Å². The van der Waals surface area contributed by atoms with E-state index in [0.29, 0.717) is 12.5 Å².